The summed E-state index contributed by atoms with van der Waals surface area (Å²) in [6.45, 7) is 0.424. The predicted molar refractivity (Wildman–Crippen MR) is 58.5 cm³/mol. The van der Waals surface area contributed by atoms with Gasteiger partial charge in [0.05, 0.1) is 19.4 Å². The van der Waals surface area contributed by atoms with Crippen molar-refractivity contribution in [1.29, 1.82) is 0 Å². The largest absolute Gasteiger partial charge is 0.507 e. The first kappa shape index (κ1) is 11.0. The molecule has 0 radical (unpaired) electrons. The lowest BCUT2D eigenvalue weighted by Gasteiger charge is -1.99. The van der Waals surface area contributed by atoms with E-state index in [1.165, 1.54) is 6.21 Å². The highest BCUT2D eigenvalue weighted by Crippen LogP contribution is 2.19. The summed E-state index contributed by atoms with van der Waals surface area (Å²) in [5.41, 5.74) is 3.24. The highest BCUT2D eigenvalue weighted by Gasteiger charge is 1.97. The van der Waals surface area contributed by atoms with E-state index in [4.69, 9.17) is 5.11 Å². The summed E-state index contributed by atoms with van der Waals surface area (Å²) in [5.74, 6) is 0.169. The molecule has 0 atom stereocenters. The fourth-order valence-corrected chi connectivity index (χ4v) is 1.24. The Labute approximate surface area is 90.4 Å². The van der Waals surface area contributed by atoms with Gasteiger partial charge in [0.2, 0.25) is 0 Å². The van der Waals surface area contributed by atoms with Crippen molar-refractivity contribution in [2.45, 2.75) is 0 Å². The molecule has 3 N–H and O–H groups in total. The second kappa shape index (κ2) is 5.62. The van der Waals surface area contributed by atoms with Crippen molar-refractivity contribution < 1.29 is 10.2 Å². The smallest absolute Gasteiger partial charge is 0.124 e. The second-order valence-corrected chi connectivity index (χ2v) is 3.51. The maximum atomic E-state index is 9.40. The minimum Gasteiger partial charge on any atom is -0.507 e. The Balaban J connectivity index is 2.65. The lowest BCUT2D eigenvalue weighted by molar-refractivity contribution is 0.294. The molecule has 1 aromatic carbocycles. The summed E-state index contributed by atoms with van der Waals surface area (Å²) in [7, 11) is 0. The number of hydrogen-bond donors (Lipinski definition) is 3. The Morgan fingerprint density at radius 2 is 2.29 bits per heavy atom. The molecule has 76 valence electrons. The van der Waals surface area contributed by atoms with Gasteiger partial charge in [-0.25, -0.2) is 0 Å². The van der Waals surface area contributed by atoms with Crippen LogP contribution >= 0.6 is 15.9 Å². The van der Waals surface area contributed by atoms with Gasteiger partial charge in [0.25, 0.3) is 0 Å². The predicted octanol–water partition coefficient (Wildman–Crippen LogP) is 1.07. The van der Waals surface area contributed by atoms with E-state index in [-0.39, 0.29) is 12.4 Å². The third-order valence-electron chi connectivity index (χ3n) is 1.51. The standard InChI is InChI=1S/C9H11BrN2O2/c10-8-1-2-9(14)7(5-8)6-12-11-3-4-13/h1-2,5-6,11,13-14H,3-4H2. The summed E-state index contributed by atoms with van der Waals surface area (Å²) in [4.78, 5) is 0. The van der Waals surface area contributed by atoms with Gasteiger partial charge in [-0.2, -0.15) is 5.10 Å². The molecular formula is C9H11BrN2O2. The average Bonchev–Trinajstić information content (AvgIpc) is 2.18. The van der Waals surface area contributed by atoms with Crippen LogP contribution in [0.4, 0.5) is 0 Å². The van der Waals surface area contributed by atoms with Crippen molar-refractivity contribution in [3.8, 4) is 5.75 Å². The maximum absolute atomic E-state index is 9.40. The van der Waals surface area contributed by atoms with Crippen molar-refractivity contribution in [1.82, 2.24) is 5.43 Å². The molecule has 0 unspecified atom stereocenters. The van der Waals surface area contributed by atoms with Crippen LogP contribution in [-0.2, 0) is 0 Å². The van der Waals surface area contributed by atoms with E-state index >= 15 is 0 Å². The molecule has 0 amide bonds. The molecule has 1 aromatic rings. The zero-order chi connectivity index (χ0) is 10.4. The summed E-state index contributed by atoms with van der Waals surface area (Å²) in [6.07, 6.45) is 1.50. The van der Waals surface area contributed by atoms with E-state index < -0.39 is 0 Å². The molecule has 0 aliphatic rings. The van der Waals surface area contributed by atoms with Crippen LogP contribution in [0.5, 0.6) is 5.75 Å². The van der Waals surface area contributed by atoms with Crippen LogP contribution in [-0.4, -0.2) is 29.6 Å². The van der Waals surface area contributed by atoms with E-state index in [1.807, 2.05) is 0 Å². The molecule has 0 aliphatic heterocycles. The van der Waals surface area contributed by atoms with Crippen LogP contribution in [0.3, 0.4) is 0 Å². The van der Waals surface area contributed by atoms with Crippen molar-refractivity contribution in [3.63, 3.8) is 0 Å². The summed E-state index contributed by atoms with van der Waals surface area (Å²) < 4.78 is 0.874. The highest BCUT2D eigenvalue weighted by molar-refractivity contribution is 9.10. The van der Waals surface area contributed by atoms with Gasteiger partial charge < -0.3 is 15.6 Å². The fourth-order valence-electron chi connectivity index (χ4n) is 0.859. The number of phenolic OH excluding ortho intramolecular Hbond substituents is 1. The van der Waals surface area contributed by atoms with Crippen molar-refractivity contribution in [2.24, 2.45) is 5.10 Å². The number of nitrogens with zero attached hydrogens (tertiary/aromatic N) is 1. The number of hydrazone groups is 1. The van der Waals surface area contributed by atoms with Gasteiger partial charge in [-0.15, -0.1) is 0 Å². The molecule has 0 saturated carbocycles. The number of hydrogen-bond acceptors (Lipinski definition) is 4. The first-order valence-corrected chi connectivity index (χ1v) is 4.88. The minimum atomic E-state index is 0.0296. The topological polar surface area (TPSA) is 64.8 Å². The molecule has 0 aliphatic carbocycles. The molecule has 14 heavy (non-hydrogen) atoms. The average molecular weight is 259 g/mol. The van der Waals surface area contributed by atoms with Crippen LogP contribution < -0.4 is 5.43 Å². The molecule has 0 heterocycles. The van der Waals surface area contributed by atoms with Gasteiger partial charge in [-0.3, -0.25) is 0 Å². The zero-order valence-electron chi connectivity index (χ0n) is 7.44. The Hall–Kier alpha value is -1.07. The minimum absolute atomic E-state index is 0.0296. The Bertz CT molecular complexity index is 329. The summed E-state index contributed by atoms with van der Waals surface area (Å²) in [6, 6.07) is 5.07. The van der Waals surface area contributed by atoms with Crippen molar-refractivity contribution >= 4 is 22.1 Å². The lowest BCUT2D eigenvalue weighted by Crippen LogP contribution is -2.11. The van der Waals surface area contributed by atoms with Gasteiger partial charge in [0.1, 0.15) is 5.75 Å². The van der Waals surface area contributed by atoms with Crippen LogP contribution in [0, 0.1) is 0 Å². The first-order chi connectivity index (χ1) is 6.74. The highest BCUT2D eigenvalue weighted by atomic mass is 79.9. The number of benzene rings is 1. The van der Waals surface area contributed by atoms with Crippen molar-refractivity contribution in [2.75, 3.05) is 13.2 Å². The molecule has 0 saturated heterocycles. The maximum Gasteiger partial charge on any atom is 0.124 e. The Morgan fingerprint density at radius 1 is 1.50 bits per heavy atom. The molecule has 0 spiro atoms. The summed E-state index contributed by atoms with van der Waals surface area (Å²) >= 11 is 3.29. The van der Waals surface area contributed by atoms with Crippen LogP contribution in [0.1, 0.15) is 5.56 Å². The molecular weight excluding hydrogens is 248 g/mol. The molecule has 0 fully saturated rings. The van der Waals surface area contributed by atoms with E-state index in [9.17, 15) is 5.11 Å². The number of phenols is 1. The number of aliphatic hydroxyl groups is 1. The fraction of sp³-hybridized carbons (Fsp3) is 0.222. The van der Waals surface area contributed by atoms with Gasteiger partial charge in [0.15, 0.2) is 0 Å². The number of aliphatic hydroxyl groups excluding tert-OH is 1. The van der Waals surface area contributed by atoms with E-state index in [0.717, 1.165) is 4.47 Å². The Kier molecular flexibility index (Phi) is 4.42. The quantitative estimate of drug-likeness (QED) is 0.430. The normalized spacial score (nSPS) is 10.7. The second-order valence-electron chi connectivity index (χ2n) is 2.59. The monoisotopic (exact) mass is 258 g/mol. The number of nitrogens with one attached hydrogen (secondary N) is 1. The number of rotatable bonds is 4. The van der Waals surface area contributed by atoms with Crippen LogP contribution in [0.2, 0.25) is 0 Å². The molecule has 4 nitrogen and oxygen atoms in total. The number of aromatic hydroxyl groups is 1. The molecule has 0 aromatic heterocycles. The third kappa shape index (κ3) is 3.35. The SMILES string of the molecule is OCCNN=Cc1cc(Br)ccc1O. The van der Waals surface area contributed by atoms with E-state index in [0.29, 0.717) is 12.1 Å². The third-order valence-corrected chi connectivity index (χ3v) is 2.00. The molecule has 0 bridgehead atoms. The first-order valence-electron chi connectivity index (χ1n) is 4.09. The molecule has 5 heteroatoms. The summed E-state index contributed by atoms with van der Waals surface area (Å²) in [5, 5.41) is 21.7. The Morgan fingerprint density at radius 3 is 3.00 bits per heavy atom. The van der Waals surface area contributed by atoms with E-state index in [2.05, 4.69) is 26.5 Å². The number of halogens is 1. The van der Waals surface area contributed by atoms with Crippen molar-refractivity contribution in [3.05, 3.63) is 28.2 Å². The van der Waals surface area contributed by atoms with Gasteiger partial charge >= 0.3 is 0 Å². The van der Waals surface area contributed by atoms with Gasteiger partial charge in [-0.1, -0.05) is 15.9 Å². The molecule has 1 rings (SSSR count). The van der Waals surface area contributed by atoms with Crippen LogP contribution in [0.25, 0.3) is 0 Å². The zero-order valence-corrected chi connectivity index (χ0v) is 9.03. The van der Waals surface area contributed by atoms with Gasteiger partial charge in [0, 0.05) is 10.0 Å². The van der Waals surface area contributed by atoms with Crippen LogP contribution in [0.15, 0.2) is 27.8 Å². The van der Waals surface area contributed by atoms with E-state index in [1.54, 1.807) is 18.2 Å². The lowest BCUT2D eigenvalue weighted by atomic mass is 10.2. The van der Waals surface area contributed by atoms with Gasteiger partial charge in [-0.05, 0) is 18.2 Å².